The molecule has 0 saturated carbocycles. The number of benzene rings is 2. The number of fused-ring (bicyclic) bond motifs is 2. The summed E-state index contributed by atoms with van der Waals surface area (Å²) >= 11 is 0. The van der Waals surface area contributed by atoms with Crippen LogP contribution in [0.1, 0.15) is 0 Å². The van der Waals surface area contributed by atoms with Crippen molar-refractivity contribution in [1.82, 2.24) is 4.98 Å². The van der Waals surface area contributed by atoms with Crippen molar-refractivity contribution in [2.45, 2.75) is 0 Å². The van der Waals surface area contributed by atoms with Gasteiger partial charge in [0.15, 0.2) is 0 Å². The largest absolute Gasteiger partial charge is 0.465 e. The molecular weight excluding hydrogens is 228 g/mol. The normalized spacial score (nSPS) is 9.78. The number of hydrogen-bond acceptors (Lipinski definition) is 2. The third kappa shape index (κ3) is 2.74. The molecule has 1 amide bonds. The number of hydrogen-bond donors (Lipinski definition) is 2. The van der Waals surface area contributed by atoms with Gasteiger partial charge in [0.1, 0.15) is 0 Å². The first kappa shape index (κ1) is 11.9. The number of carboxylic acid groups (broad SMARTS) is 1. The van der Waals surface area contributed by atoms with Crippen LogP contribution in [0.25, 0.3) is 21.8 Å². The standard InChI is InChI=1S/C13H9N.CH3NO2/c1-3-7-12-10(5-1)9-11-6-2-4-8-13(11)14-12;2-1(3)4/h1-9H;2H2,(H,3,4). The molecule has 0 atom stereocenters. The monoisotopic (exact) mass is 240 g/mol. The zero-order valence-electron chi connectivity index (χ0n) is 9.58. The highest BCUT2D eigenvalue weighted by Crippen LogP contribution is 2.18. The van der Waals surface area contributed by atoms with Gasteiger partial charge in [-0.1, -0.05) is 36.4 Å². The maximum Gasteiger partial charge on any atom is 0.402 e. The van der Waals surface area contributed by atoms with E-state index in [-0.39, 0.29) is 0 Å². The van der Waals surface area contributed by atoms with Crippen molar-refractivity contribution in [3.63, 3.8) is 0 Å². The first-order valence-electron chi connectivity index (χ1n) is 5.40. The van der Waals surface area contributed by atoms with Crippen molar-refractivity contribution < 1.29 is 9.90 Å². The van der Waals surface area contributed by atoms with Crippen molar-refractivity contribution in [2.24, 2.45) is 5.73 Å². The van der Waals surface area contributed by atoms with Gasteiger partial charge in [0, 0.05) is 10.8 Å². The van der Waals surface area contributed by atoms with Crippen LogP contribution in [0.15, 0.2) is 54.6 Å². The van der Waals surface area contributed by atoms with Crippen LogP contribution in [-0.4, -0.2) is 16.2 Å². The van der Waals surface area contributed by atoms with E-state index in [1.807, 2.05) is 36.4 Å². The fourth-order valence-electron chi connectivity index (χ4n) is 1.72. The summed E-state index contributed by atoms with van der Waals surface area (Å²) in [5.41, 5.74) is 6.15. The molecule has 0 aliphatic carbocycles. The average Bonchev–Trinajstić information content (AvgIpc) is 2.35. The van der Waals surface area contributed by atoms with E-state index in [9.17, 15) is 0 Å². The molecule has 3 aromatic rings. The number of nitrogens with zero attached hydrogens (tertiary/aromatic N) is 1. The predicted octanol–water partition coefficient (Wildman–Crippen LogP) is 3.01. The van der Waals surface area contributed by atoms with Crippen LogP contribution >= 0.6 is 0 Å². The Kier molecular flexibility index (Phi) is 3.38. The zero-order valence-corrected chi connectivity index (χ0v) is 9.58. The lowest BCUT2D eigenvalue weighted by molar-refractivity contribution is 0.205. The Hall–Kier alpha value is -2.62. The molecule has 0 unspecified atom stereocenters. The first-order chi connectivity index (χ1) is 8.66. The molecule has 1 heterocycles. The van der Waals surface area contributed by atoms with Gasteiger partial charge in [-0.25, -0.2) is 9.78 Å². The fourth-order valence-corrected chi connectivity index (χ4v) is 1.72. The predicted molar refractivity (Wildman–Crippen MR) is 71.5 cm³/mol. The molecule has 1 aromatic heterocycles. The summed E-state index contributed by atoms with van der Waals surface area (Å²) in [6.45, 7) is 0. The summed E-state index contributed by atoms with van der Waals surface area (Å²) < 4.78 is 0. The van der Waals surface area contributed by atoms with Crippen LogP contribution in [-0.2, 0) is 0 Å². The quantitative estimate of drug-likeness (QED) is 0.593. The number of pyridine rings is 1. The van der Waals surface area contributed by atoms with E-state index in [0.29, 0.717) is 0 Å². The Morgan fingerprint density at radius 2 is 1.33 bits per heavy atom. The molecule has 3 N–H and O–H groups in total. The Morgan fingerprint density at radius 3 is 1.78 bits per heavy atom. The fraction of sp³-hybridized carbons (Fsp3) is 0. The molecular formula is C14H12N2O2. The van der Waals surface area contributed by atoms with Gasteiger partial charge in [0.25, 0.3) is 0 Å². The van der Waals surface area contributed by atoms with E-state index in [2.05, 4.69) is 28.9 Å². The smallest absolute Gasteiger partial charge is 0.402 e. The molecule has 0 spiro atoms. The molecule has 0 fully saturated rings. The zero-order chi connectivity index (χ0) is 13.0. The van der Waals surface area contributed by atoms with Crippen LogP contribution < -0.4 is 5.73 Å². The van der Waals surface area contributed by atoms with E-state index in [1.165, 1.54) is 10.8 Å². The van der Waals surface area contributed by atoms with E-state index in [0.717, 1.165) is 11.0 Å². The summed E-state index contributed by atoms with van der Waals surface area (Å²) in [6, 6.07) is 18.6. The van der Waals surface area contributed by atoms with Gasteiger partial charge in [0.05, 0.1) is 11.0 Å². The number of nitrogens with two attached hydrogens (primary N) is 1. The number of amides is 1. The number of para-hydroxylation sites is 2. The average molecular weight is 240 g/mol. The van der Waals surface area contributed by atoms with Gasteiger partial charge < -0.3 is 10.8 Å². The Labute approximate surface area is 104 Å². The second-order valence-electron chi connectivity index (χ2n) is 3.71. The van der Waals surface area contributed by atoms with Crippen LogP contribution in [0.2, 0.25) is 0 Å². The molecule has 0 aliphatic rings. The van der Waals surface area contributed by atoms with Crippen LogP contribution in [0.4, 0.5) is 4.79 Å². The second-order valence-corrected chi connectivity index (χ2v) is 3.71. The van der Waals surface area contributed by atoms with Crippen LogP contribution in [0.5, 0.6) is 0 Å². The van der Waals surface area contributed by atoms with Crippen LogP contribution in [0.3, 0.4) is 0 Å². The van der Waals surface area contributed by atoms with Crippen molar-refractivity contribution in [3.05, 3.63) is 54.6 Å². The van der Waals surface area contributed by atoms with Gasteiger partial charge in [-0.15, -0.1) is 0 Å². The highest BCUT2D eigenvalue weighted by atomic mass is 16.4. The van der Waals surface area contributed by atoms with Crippen molar-refractivity contribution >= 4 is 27.9 Å². The van der Waals surface area contributed by atoms with E-state index in [1.54, 1.807) is 0 Å². The van der Waals surface area contributed by atoms with E-state index >= 15 is 0 Å². The Bertz CT molecular complexity index is 586. The molecule has 0 bridgehead atoms. The maximum absolute atomic E-state index is 8.78. The molecule has 4 nitrogen and oxygen atoms in total. The molecule has 90 valence electrons. The van der Waals surface area contributed by atoms with Gasteiger partial charge in [-0.05, 0) is 18.2 Å². The lowest BCUT2D eigenvalue weighted by Gasteiger charge is -1.99. The van der Waals surface area contributed by atoms with Gasteiger partial charge >= 0.3 is 6.09 Å². The van der Waals surface area contributed by atoms with Crippen molar-refractivity contribution in [1.29, 1.82) is 0 Å². The SMILES string of the molecule is NC(=O)O.c1ccc2nc3ccccc3cc2c1. The second kappa shape index (κ2) is 5.14. The minimum atomic E-state index is -1.33. The van der Waals surface area contributed by atoms with Crippen molar-refractivity contribution in [3.8, 4) is 0 Å². The molecule has 18 heavy (non-hydrogen) atoms. The van der Waals surface area contributed by atoms with E-state index in [4.69, 9.17) is 9.90 Å². The van der Waals surface area contributed by atoms with Gasteiger partial charge in [-0.3, -0.25) is 0 Å². The lowest BCUT2D eigenvalue weighted by atomic mass is 10.1. The Balaban J connectivity index is 0.000000267. The lowest BCUT2D eigenvalue weighted by Crippen LogP contribution is -2.03. The number of aromatic nitrogens is 1. The third-order valence-corrected chi connectivity index (χ3v) is 2.43. The van der Waals surface area contributed by atoms with E-state index < -0.39 is 6.09 Å². The third-order valence-electron chi connectivity index (χ3n) is 2.43. The van der Waals surface area contributed by atoms with Crippen LogP contribution in [0, 0.1) is 0 Å². The molecule has 0 radical (unpaired) electrons. The number of carbonyl (C=O) groups is 1. The summed E-state index contributed by atoms with van der Waals surface area (Å²) in [4.78, 5) is 13.4. The van der Waals surface area contributed by atoms with Gasteiger partial charge in [0.2, 0.25) is 0 Å². The highest BCUT2D eigenvalue weighted by molar-refractivity contribution is 5.92. The van der Waals surface area contributed by atoms with Gasteiger partial charge in [-0.2, -0.15) is 0 Å². The topological polar surface area (TPSA) is 76.2 Å². The maximum atomic E-state index is 8.78. The first-order valence-corrected chi connectivity index (χ1v) is 5.40. The molecule has 4 heteroatoms. The molecule has 0 aliphatic heterocycles. The number of primary amides is 1. The highest BCUT2D eigenvalue weighted by Gasteiger charge is 1.96. The Morgan fingerprint density at radius 1 is 0.944 bits per heavy atom. The minimum Gasteiger partial charge on any atom is -0.465 e. The summed E-state index contributed by atoms with van der Waals surface area (Å²) in [6.07, 6.45) is -1.33. The molecule has 2 aromatic carbocycles. The summed E-state index contributed by atoms with van der Waals surface area (Å²) in [5, 5.41) is 9.59. The molecule has 0 saturated heterocycles. The molecule has 3 rings (SSSR count). The van der Waals surface area contributed by atoms with Crippen molar-refractivity contribution in [2.75, 3.05) is 0 Å². The summed E-state index contributed by atoms with van der Waals surface area (Å²) in [7, 11) is 0. The minimum absolute atomic E-state index is 1.06. The summed E-state index contributed by atoms with van der Waals surface area (Å²) in [5.74, 6) is 0. The number of rotatable bonds is 0.